The lowest BCUT2D eigenvalue weighted by atomic mass is 9.93. The standard InChI is InChI=1S/C24H18N2OS/c27-24-23(21-11-5-13-28-21)22(19-9-1-2-10-20(19)26-24)17-7-3-6-16(14-17)18-8-4-12-25-15-18/h1-4,6-12,14-15H,5,13H2,(H,26,27). The number of hydrogen-bond acceptors (Lipinski definition) is 3. The zero-order valence-electron chi connectivity index (χ0n) is 15.2. The molecule has 0 bridgehead atoms. The van der Waals surface area contributed by atoms with Crippen molar-refractivity contribution in [3.05, 3.63) is 95.1 Å². The number of thioether (sulfide) groups is 1. The lowest BCUT2D eigenvalue weighted by Gasteiger charge is -2.14. The molecule has 0 aliphatic carbocycles. The van der Waals surface area contributed by atoms with Crippen LogP contribution in [0.25, 0.3) is 38.1 Å². The summed E-state index contributed by atoms with van der Waals surface area (Å²) in [6, 6.07) is 20.4. The van der Waals surface area contributed by atoms with Crippen LogP contribution in [0.3, 0.4) is 0 Å². The average molecular weight is 382 g/mol. The fourth-order valence-electron chi connectivity index (χ4n) is 3.76. The molecule has 0 radical (unpaired) electrons. The first-order valence-corrected chi connectivity index (χ1v) is 10.3. The van der Waals surface area contributed by atoms with Gasteiger partial charge in [0.25, 0.3) is 5.56 Å². The van der Waals surface area contributed by atoms with Crippen molar-refractivity contribution in [2.45, 2.75) is 6.42 Å². The third-order valence-electron chi connectivity index (χ3n) is 5.02. The van der Waals surface area contributed by atoms with Crippen LogP contribution in [-0.2, 0) is 0 Å². The van der Waals surface area contributed by atoms with E-state index in [1.54, 1.807) is 18.0 Å². The van der Waals surface area contributed by atoms with Crippen molar-refractivity contribution in [2.75, 3.05) is 5.75 Å². The number of rotatable bonds is 3. The normalized spacial score (nSPS) is 13.6. The smallest absolute Gasteiger partial charge is 0.257 e. The van der Waals surface area contributed by atoms with Crippen LogP contribution in [0.15, 0.2) is 83.9 Å². The van der Waals surface area contributed by atoms with E-state index in [2.05, 4.69) is 46.4 Å². The van der Waals surface area contributed by atoms with Crippen LogP contribution >= 0.6 is 11.8 Å². The molecule has 5 rings (SSSR count). The molecule has 4 heteroatoms. The van der Waals surface area contributed by atoms with Crippen LogP contribution in [0.5, 0.6) is 0 Å². The molecule has 3 heterocycles. The molecule has 28 heavy (non-hydrogen) atoms. The van der Waals surface area contributed by atoms with Gasteiger partial charge in [-0.15, -0.1) is 11.8 Å². The van der Waals surface area contributed by atoms with E-state index in [0.29, 0.717) is 0 Å². The van der Waals surface area contributed by atoms with E-state index in [9.17, 15) is 4.79 Å². The van der Waals surface area contributed by atoms with Crippen LogP contribution in [0.2, 0.25) is 0 Å². The summed E-state index contributed by atoms with van der Waals surface area (Å²) in [5.74, 6) is 1.02. The lowest BCUT2D eigenvalue weighted by molar-refractivity contribution is 1.27. The van der Waals surface area contributed by atoms with Gasteiger partial charge >= 0.3 is 0 Å². The molecule has 136 valence electrons. The van der Waals surface area contributed by atoms with Gasteiger partial charge in [-0.2, -0.15) is 0 Å². The van der Waals surface area contributed by atoms with E-state index in [4.69, 9.17) is 0 Å². The minimum atomic E-state index is -0.0267. The topological polar surface area (TPSA) is 45.8 Å². The highest BCUT2D eigenvalue weighted by atomic mass is 32.2. The number of nitrogens with zero attached hydrogens (tertiary/aromatic N) is 1. The molecule has 0 unspecified atom stereocenters. The fourth-order valence-corrected chi connectivity index (χ4v) is 4.79. The van der Waals surface area contributed by atoms with Crippen LogP contribution in [0.4, 0.5) is 0 Å². The summed E-state index contributed by atoms with van der Waals surface area (Å²) in [5.41, 5.74) is 5.83. The molecule has 2 aromatic carbocycles. The Bertz CT molecular complexity index is 1260. The zero-order chi connectivity index (χ0) is 18.9. The summed E-state index contributed by atoms with van der Waals surface area (Å²) in [6.07, 6.45) is 6.82. The molecule has 3 nitrogen and oxygen atoms in total. The minimum Gasteiger partial charge on any atom is -0.321 e. The summed E-state index contributed by atoms with van der Waals surface area (Å²) >= 11 is 1.76. The Morgan fingerprint density at radius 3 is 2.57 bits per heavy atom. The summed E-state index contributed by atoms with van der Waals surface area (Å²) in [6.45, 7) is 0. The maximum absolute atomic E-state index is 13.0. The van der Waals surface area contributed by atoms with E-state index in [1.807, 2.05) is 36.5 Å². The summed E-state index contributed by atoms with van der Waals surface area (Å²) < 4.78 is 0. The number of pyridine rings is 2. The van der Waals surface area contributed by atoms with Gasteiger partial charge in [-0.1, -0.05) is 48.5 Å². The molecule has 0 fully saturated rings. The number of nitrogens with one attached hydrogen (secondary N) is 1. The number of para-hydroxylation sites is 1. The van der Waals surface area contributed by atoms with Gasteiger partial charge in [0.1, 0.15) is 0 Å². The molecular formula is C24H18N2OS. The van der Waals surface area contributed by atoms with Gasteiger partial charge < -0.3 is 4.98 Å². The second kappa shape index (κ2) is 7.13. The molecular weight excluding hydrogens is 364 g/mol. The molecule has 0 spiro atoms. The zero-order valence-corrected chi connectivity index (χ0v) is 16.0. The van der Waals surface area contributed by atoms with Crippen molar-refractivity contribution in [1.29, 1.82) is 0 Å². The van der Waals surface area contributed by atoms with Crippen molar-refractivity contribution in [3.63, 3.8) is 0 Å². The first-order chi connectivity index (χ1) is 13.8. The first kappa shape index (κ1) is 17.0. The monoisotopic (exact) mass is 382 g/mol. The number of aromatic amines is 1. The lowest BCUT2D eigenvalue weighted by Crippen LogP contribution is -2.13. The van der Waals surface area contributed by atoms with E-state index < -0.39 is 0 Å². The molecule has 1 aliphatic heterocycles. The SMILES string of the molecule is O=c1[nH]c2ccccc2c(-c2cccc(-c3cccnc3)c2)c1C1=CCCS1. The second-order valence-corrected chi connectivity index (χ2v) is 7.91. The van der Waals surface area contributed by atoms with Crippen molar-refractivity contribution < 1.29 is 0 Å². The van der Waals surface area contributed by atoms with Crippen LogP contribution < -0.4 is 5.56 Å². The maximum atomic E-state index is 13.0. The molecule has 0 atom stereocenters. The van der Waals surface area contributed by atoms with Gasteiger partial charge in [0.05, 0.1) is 5.56 Å². The Morgan fingerprint density at radius 1 is 0.893 bits per heavy atom. The first-order valence-electron chi connectivity index (χ1n) is 9.30. The summed E-state index contributed by atoms with van der Waals surface area (Å²) in [5, 5.41) is 1.06. The molecule has 1 aliphatic rings. The van der Waals surface area contributed by atoms with Gasteiger partial charge in [0, 0.05) is 45.1 Å². The quantitative estimate of drug-likeness (QED) is 0.492. The Balaban J connectivity index is 1.81. The third-order valence-corrected chi connectivity index (χ3v) is 6.14. The van der Waals surface area contributed by atoms with Gasteiger partial charge in [0.15, 0.2) is 0 Å². The Kier molecular flexibility index (Phi) is 4.34. The summed E-state index contributed by atoms with van der Waals surface area (Å²) in [7, 11) is 0. The van der Waals surface area contributed by atoms with Crippen molar-refractivity contribution in [2.24, 2.45) is 0 Å². The summed E-state index contributed by atoms with van der Waals surface area (Å²) in [4.78, 5) is 21.4. The van der Waals surface area contributed by atoms with Crippen LogP contribution in [0, 0.1) is 0 Å². The van der Waals surface area contributed by atoms with Crippen LogP contribution in [0.1, 0.15) is 12.0 Å². The van der Waals surface area contributed by atoms with Gasteiger partial charge in [0.2, 0.25) is 0 Å². The molecule has 0 amide bonds. The number of hydrogen-bond donors (Lipinski definition) is 1. The predicted molar refractivity (Wildman–Crippen MR) is 118 cm³/mol. The maximum Gasteiger partial charge on any atom is 0.257 e. The largest absolute Gasteiger partial charge is 0.321 e. The number of H-pyrrole nitrogens is 1. The van der Waals surface area contributed by atoms with Crippen molar-refractivity contribution in [1.82, 2.24) is 9.97 Å². The van der Waals surface area contributed by atoms with E-state index >= 15 is 0 Å². The highest BCUT2D eigenvalue weighted by Gasteiger charge is 2.20. The van der Waals surface area contributed by atoms with Crippen LogP contribution in [-0.4, -0.2) is 15.7 Å². The third kappa shape index (κ3) is 2.96. The van der Waals surface area contributed by atoms with Crippen molar-refractivity contribution in [3.8, 4) is 22.3 Å². The Labute approximate surface area is 167 Å². The molecule has 0 saturated carbocycles. The highest BCUT2D eigenvalue weighted by Crippen LogP contribution is 2.40. The van der Waals surface area contributed by atoms with Gasteiger partial charge in [-0.3, -0.25) is 9.78 Å². The van der Waals surface area contributed by atoms with E-state index in [0.717, 1.165) is 55.8 Å². The average Bonchev–Trinajstić information content (AvgIpc) is 3.28. The molecule has 0 saturated heterocycles. The molecule has 4 aromatic rings. The minimum absolute atomic E-state index is 0.0267. The van der Waals surface area contributed by atoms with E-state index in [-0.39, 0.29) is 5.56 Å². The number of benzene rings is 2. The van der Waals surface area contributed by atoms with Crippen molar-refractivity contribution >= 4 is 27.6 Å². The van der Waals surface area contributed by atoms with E-state index in [1.165, 1.54) is 0 Å². The van der Waals surface area contributed by atoms with Gasteiger partial charge in [-0.25, -0.2) is 0 Å². The fraction of sp³-hybridized carbons (Fsp3) is 0.0833. The second-order valence-electron chi connectivity index (χ2n) is 6.78. The van der Waals surface area contributed by atoms with Gasteiger partial charge in [-0.05, 0) is 35.7 Å². The number of allylic oxidation sites excluding steroid dienone is 1. The Hall–Kier alpha value is -3.11. The Morgan fingerprint density at radius 2 is 1.75 bits per heavy atom. The number of fused-ring (bicyclic) bond motifs is 1. The number of aromatic nitrogens is 2. The molecule has 2 aromatic heterocycles. The highest BCUT2D eigenvalue weighted by molar-refractivity contribution is 8.08. The predicted octanol–water partition coefficient (Wildman–Crippen LogP) is 5.73. The molecule has 1 N–H and O–H groups in total.